The van der Waals surface area contributed by atoms with Crippen LogP contribution in [0.2, 0.25) is 0 Å². The molecular formula is C25H28F3NO4. The zero-order valence-electron chi connectivity index (χ0n) is 19.0. The summed E-state index contributed by atoms with van der Waals surface area (Å²) in [5.41, 5.74) is 0.764. The smallest absolute Gasteiger partial charge is 0.416 e. The van der Waals surface area contributed by atoms with Gasteiger partial charge in [-0.05, 0) is 49.3 Å². The molecule has 2 fully saturated rings. The van der Waals surface area contributed by atoms with Gasteiger partial charge in [0, 0.05) is 30.4 Å². The number of nitrogens with zero attached hydrogens (tertiary/aromatic N) is 1. The first kappa shape index (κ1) is 23.7. The van der Waals surface area contributed by atoms with Gasteiger partial charge in [0.2, 0.25) is 0 Å². The molecular weight excluding hydrogens is 435 g/mol. The number of halogens is 3. The summed E-state index contributed by atoms with van der Waals surface area (Å²) in [6.07, 6.45) is -2.05. The second-order valence-electron chi connectivity index (χ2n) is 9.89. The molecule has 0 unspecified atom stereocenters. The Labute approximate surface area is 191 Å². The number of hydrogen-bond acceptors (Lipinski definition) is 5. The van der Waals surface area contributed by atoms with Crippen LogP contribution in [0.4, 0.5) is 13.2 Å². The lowest BCUT2D eigenvalue weighted by atomic mass is 9.63. The summed E-state index contributed by atoms with van der Waals surface area (Å²) < 4.78 is 50.4. The van der Waals surface area contributed by atoms with Gasteiger partial charge in [0.05, 0.1) is 23.2 Å². The molecule has 33 heavy (non-hydrogen) atoms. The van der Waals surface area contributed by atoms with Crippen molar-refractivity contribution in [3.8, 4) is 0 Å². The maximum Gasteiger partial charge on any atom is 0.416 e. The maximum atomic E-state index is 13.2. The lowest BCUT2D eigenvalue weighted by Crippen LogP contribution is -2.44. The molecule has 0 bridgehead atoms. The van der Waals surface area contributed by atoms with Gasteiger partial charge in [0.25, 0.3) is 0 Å². The van der Waals surface area contributed by atoms with Gasteiger partial charge in [0.1, 0.15) is 12.4 Å². The molecule has 1 aliphatic carbocycles. The molecule has 1 aromatic rings. The second-order valence-corrected chi connectivity index (χ2v) is 9.89. The zero-order valence-corrected chi connectivity index (χ0v) is 19.0. The number of carbonyl (C=O) groups excluding carboxylic acids is 2. The van der Waals surface area contributed by atoms with Crippen molar-refractivity contribution in [1.82, 2.24) is 0 Å². The SMILES string of the molecule is CC1=C(C(=O)OC[C@H]2CCCO2)[C@@H](c2ccc(C(F)(F)F)cc2)[C@H]2C(=O)CC(C)(C)CC2=N1. The number of fused-ring (bicyclic) bond motifs is 1. The van der Waals surface area contributed by atoms with E-state index in [1.165, 1.54) is 12.1 Å². The van der Waals surface area contributed by atoms with Crippen LogP contribution < -0.4 is 0 Å². The standard InChI is InChI=1S/C25H28F3NO4/c1-14-20(23(31)33-13-17-5-4-10-32-17)21(15-6-8-16(9-7-15)25(26,27)28)22-18(29-14)11-24(2,3)12-19(22)30/h6-9,17,21-22H,4-5,10-13H2,1-3H3/t17-,21-,22-/m1/s1. The van der Waals surface area contributed by atoms with Crippen LogP contribution in [0.15, 0.2) is 40.5 Å². The lowest BCUT2D eigenvalue weighted by Gasteiger charge is -2.41. The Morgan fingerprint density at radius 3 is 2.48 bits per heavy atom. The van der Waals surface area contributed by atoms with Gasteiger partial charge < -0.3 is 9.47 Å². The highest BCUT2D eigenvalue weighted by Gasteiger charge is 2.48. The van der Waals surface area contributed by atoms with Crippen molar-refractivity contribution in [2.75, 3.05) is 13.2 Å². The number of Topliss-reactive ketones (excluding diaryl/α,β-unsaturated/α-hetero) is 1. The first-order valence-electron chi connectivity index (χ1n) is 11.2. The van der Waals surface area contributed by atoms with Crippen LogP contribution in [0, 0.1) is 11.3 Å². The Hall–Kier alpha value is -2.48. The largest absolute Gasteiger partial charge is 0.460 e. The molecule has 0 N–H and O–H groups in total. The summed E-state index contributed by atoms with van der Waals surface area (Å²) in [6.45, 7) is 6.38. The predicted octanol–water partition coefficient (Wildman–Crippen LogP) is 5.25. The van der Waals surface area contributed by atoms with Crippen LogP contribution in [0.1, 0.15) is 63.5 Å². The Balaban J connectivity index is 1.72. The Morgan fingerprint density at radius 2 is 1.88 bits per heavy atom. The van der Waals surface area contributed by atoms with Crippen molar-refractivity contribution in [1.29, 1.82) is 0 Å². The monoisotopic (exact) mass is 463 g/mol. The highest BCUT2D eigenvalue weighted by Crippen LogP contribution is 2.47. The van der Waals surface area contributed by atoms with Crippen LogP contribution in [-0.2, 0) is 25.2 Å². The number of allylic oxidation sites excluding steroid dienone is 1. The quantitative estimate of drug-likeness (QED) is 0.573. The molecule has 3 atom stereocenters. The summed E-state index contributed by atoms with van der Waals surface area (Å²) in [5.74, 6) is -2.09. The summed E-state index contributed by atoms with van der Waals surface area (Å²) in [4.78, 5) is 31.1. The fraction of sp³-hybridized carbons (Fsp3) is 0.560. The van der Waals surface area contributed by atoms with Crippen molar-refractivity contribution in [3.63, 3.8) is 0 Å². The number of alkyl halides is 3. The molecule has 8 heteroatoms. The summed E-state index contributed by atoms with van der Waals surface area (Å²) in [6, 6.07) is 4.68. The van der Waals surface area contributed by atoms with Gasteiger partial charge >= 0.3 is 12.1 Å². The first-order valence-corrected chi connectivity index (χ1v) is 11.2. The minimum Gasteiger partial charge on any atom is -0.460 e. The molecule has 4 rings (SSSR count). The number of ketones is 1. The van der Waals surface area contributed by atoms with E-state index in [-0.39, 0.29) is 29.5 Å². The van der Waals surface area contributed by atoms with Crippen molar-refractivity contribution in [2.45, 2.75) is 64.7 Å². The number of aliphatic imine (C=N–C) groups is 1. The van der Waals surface area contributed by atoms with E-state index in [1.807, 2.05) is 13.8 Å². The van der Waals surface area contributed by atoms with Gasteiger partial charge in [-0.1, -0.05) is 26.0 Å². The minimum absolute atomic E-state index is 0.0631. The summed E-state index contributed by atoms with van der Waals surface area (Å²) in [7, 11) is 0. The summed E-state index contributed by atoms with van der Waals surface area (Å²) >= 11 is 0. The van der Waals surface area contributed by atoms with E-state index in [4.69, 9.17) is 9.47 Å². The third-order valence-electron chi connectivity index (χ3n) is 6.61. The highest BCUT2D eigenvalue weighted by molar-refractivity contribution is 6.12. The van der Waals surface area contributed by atoms with Crippen molar-refractivity contribution >= 4 is 17.5 Å². The van der Waals surface area contributed by atoms with E-state index in [2.05, 4.69) is 4.99 Å². The molecule has 0 aromatic heterocycles. The number of benzene rings is 1. The molecule has 1 saturated heterocycles. The molecule has 2 aliphatic heterocycles. The Bertz CT molecular complexity index is 1000. The lowest BCUT2D eigenvalue weighted by molar-refractivity contribution is -0.143. The highest BCUT2D eigenvalue weighted by atomic mass is 19.4. The molecule has 5 nitrogen and oxygen atoms in total. The van der Waals surface area contributed by atoms with E-state index in [0.29, 0.717) is 36.4 Å². The number of carbonyl (C=O) groups is 2. The third kappa shape index (κ3) is 4.90. The fourth-order valence-corrected chi connectivity index (χ4v) is 5.12. The van der Waals surface area contributed by atoms with Gasteiger partial charge in [-0.25, -0.2) is 4.79 Å². The summed E-state index contributed by atoms with van der Waals surface area (Å²) in [5, 5.41) is 0. The van der Waals surface area contributed by atoms with E-state index in [1.54, 1.807) is 6.92 Å². The first-order chi connectivity index (χ1) is 15.5. The number of esters is 1. The van der Waals surface area contributed by atoms with E-state index in [0.717, 1.165) is 25.0 Å². The maximum absolute atomic E-state index is 13.2. The van der Waals surface area contributed by atoms with Crippen molar-refractivity contribution < 1.29 is 32.2 Å². The van der Waals surface area contributed by atoms with Gasteiger partial charge in [0.15, 0.2) is 0 Å². The molecule has 0 radical (unpaired) electrons. The number of hydrogen-bond donors (Lipinski definition) is 0. The Kier molecular flexibility index (Phi) is 6.24. The average molecular weight is 463 g/mol. The number of rotatable bonds is 4. The molecule has 0 amide bonds. The molecule has 3 aliphatic rings. The molecule has 178 valence electrons. The third-order valence-corrected chi connectivity index (χ3v) is 6.61. The Morgan fingerprint density at radius 1 is 1.18 bits per heavy atom. The van der Waals surface area contributed by atoms with E-state index < -0.39 is 29.5 Å². The molecule has 0 spiro atoms. The van der Waals surface area contributed by atoms with Gasteiger partial charge in [-0.2, -0.15) is 13.2 Å². The number of ether oxygens (including phenoxy) is 2. The van der Waals surface area contributed by atoms with Crippen LogP contribution in [0.3, 0.4) is 0 Å². The zero-order chi connectivity index (χ0) is 24.0. The van der Waals surface area contributed by atoms with Crippen LogP contribution in [0.5, 0.6) is 0 Å². The average Bonchev–Trinajstić information content (AvgIpc) is 3.23. The van der Waals surface area contributed by atoms with Crippen LogP contribution in [0.25, 0.3) is 0 Å². The van der Waals surface area contributed by atoms with Crippen molar-refractivity contribution in [2.24, 2.45) is 16.3 Å². The minimum atomic E-state index is -4.48. The van der Waals surface area contributed by atoms with E-state index in [9.17, 15) is 22.8 Å². The molecule has 2 heterocycles. The fourth-order valence-electron chi connectivity index (χ4n) is 5.12. The van der Waals surface area contributed by atoms with Gasteiger partial charge in [-0.3, -0.25) is 9.79 Å². The van der Waals surface area contributed by atoms with Crippen LogP contribution >= 0.6 is 0 Å². The topological polar surface area (TPSA) is 65.0 Å². The van der Waals surface area contributed by atoms with Crippen LogP contribution in [-0.4, -0.2) is 36.8 Å². The molecule has 1 saturated carbocycles. The predicted molar refractivity (Wildman–Crippen MR) is 116 cm³/mol. The van der Waals surface area contributed by atoms with Crippen molar-refractivity contribution in [3.05, 3.63) is 46.7 Å². The normalized spacial score (nSPS) is 27.3. The van der Waals surface area contributed by atoms with E-state index >= 15 is 0 Å². The molecule has 1 aromatic carbocycles. The van der Waals surface area contributed by atoms with Gasteiger partial charge in [-0.15, -0.1) is 0 Å². The second kappa shape index (κ2) is 8.70.